The summed E-state index contributed by atoms with van der Waals surface area (Å²) in [7, 11) is 3.44. The minimum absolute atomic E-state index is 0.0237. The summed E-state index contributed by atoms with van der Waals surface area (Å²) in [6, 6.07) is 5.60. The van der Waals surface area contributed by atoms with Crippen LogP contribution in [-0.4, -0.2) is 25.0 Å². The summed E-state index contributed by atoms with van der Waals surface area (Å²) in [6.45, 7) is 0.264. The van der Waals surface area contributed by atoms with E-state index >= 15 is 0 Å². The van der Waals surface area contributed by atoms with Gasteiger partial charge in [0.05, 0.1) is 16.4 Å². The van der Waals surface area contributed by atoms with Crippen LogP contribution in [0, 0.1) is 0 Å². The molecule has 1 aromatic carbocycles. The van der Waals surface area contributed by atoms with E-state index in [0.717, 1.165) is 41.4 Å². The van der Waals surface area contributed by atoms with Crippen molar-refractivity contribution in [1.82, 2.24) is 24.4 Å². The zero-order valence-corrected chi connectivity index (χ0v) is 16.9. The summed E-state index contributed by atoms with van der Waals surface area (Å²) >= 11 is 1.51. The fourth-order valence-electron chi connectivity index (χ4n) is 4.04. The number of hydrogen-bond donors (Lipinski definition) is 2. The first-order valence-electron chi connectivity index (χ1n) is 9.41. The summed E-state index contributed by atoms with van der Waals surface area (Å²) in [5, 5.41) is 3.43. The number of aromatic nitrogens is 4. The zero-order valence-electron chi connectivity index (χ0n) is 16.0. The highest BCUT2D eigenvalue weighted by molar-refractivity contribution is 7.18. The second-order valence-electron chi connectivity index (χ2n) is 7.36. The summed E-state index contributed by atoms with van der Waals surface area (Å²) in [5.74, 6) is -0.407. The Balaban J connectivity index is 1.41. The molecule has 0 radical (unpaired) electrons. The number of carbonyl (C=O) groups is 1. The summed E-state index contributed by atoms with van der Waals surface area (Å²) in [6.07, 6.45) is 2.94. The van der Waals surface area contributed by atoms with Gasteiger partial charge in [-0.25, -0.2) is 9.78 Å². The van der Waals surface area contributed by atoms with Crippen LogP contribution in [0.15, 0.2) is 27.8 Å². The van der Waals surface area contributed by atoms with E-state index in [1.54, 1.807) is 23.2 Å². The van der Waals surface area contributed by atoms with Crippen LogP contribution in [0.2, 0.25) is 0 Å². The number of imidazole rings is 1. The van der Waals surface area contributed by atoms with Crippen LogP contribution >= 0.6 is 11.3 Å². The molecule has 0 saturated carbocycles. The van der Waals surface area contributed by atoms with Gasteiger partial charge in [-0.3, -0.25) is 18.7 Å². The second kappa shape index (κ2) is 6.41. The van der Waals surface area contributed by atoms with Crippen molar-refractivity contribution in [2.45, 2.75) is 25.8 Å². The molecular formula is C20H19N5O3S. The normalized spacial score (nSPS) is 13.3. The van der Waals surface area contributed by atoms with Gasteiger partial charge in [0.1, 0.15) is 4.83 Å². The fourth-order valence-corrected chi connectivity index (χ4v) is 5.30. The minimum atomic E-state index is -0.431. The number of thiophene rings is 1. The number of carbonyl (C=O) groups excluding carboxylic acids is 1. The van der Waals surface area contributed by atoms with Gasteiger partial charge in [0.15, 0.2) is 0 Å². The van der Waals surface area contributed by atoms with Crippen molar-refractivity contribution in [3.05, 3.63) is 60.9 Å². The number of benzene rings is 1. The molecule has 8 nitrogen and oxygen atoms in total. The molecule has 0 atom stereocenters. The van der Waals surface area contributed by atoms with Crippen LogP contribution in [0.5, 0.6) is 0 Å². The molecule has 148 valence electrons. The molecule has 3 heterocycles. The van der Waals surface area contributed by atoms with Gasteiger partial charge in [-0.2, -0.15) is 0 Å². The molecule has 5 rings (SSSR count). The van der Waals surface area contributed by atoms with Gasteiger partial charge >= 0.3 is 5.69 Å². The maximum absolute atomic E-state index is 12.6. The number of amides is 1. The maximum atomic E-state index is 12.6. The first kappa shape index (κ1) is 17.9. The Labute approximate surface area is 168 Å². The Morgan fingerprint density at radius 1 is 1.21 bits per heavy atom. The molecule has 1 amide bonds. The van der Waals surface area contributed by atoms with Gasteiger partial charge in [-0.1, -0.05) is 6.07 Å². The van der Waals surface area contributed by atoms with Crippen LogP contribution in [0.3, 0.4) is 0 Å². The van der Waals surface area contributed by atoms with Gasteiger partial charge in [0.2, 0.25) is 5.82 Å². The fraction of sp³-hybridized carbons (Fsp3) is 0.300. The van der Waals surface area contributed by atoms with Crippen LogP contribution < -0.4 is 16.6 Å². The largest absolute Gasteiger partial charge is 0.345 e. The van der Waals surface area contributed by atoms with Gasteiger partial charge in [0, 0.05) is 25.5 Å². The topological polar surface area (TPSA) is 102 Å². The third kappa shape index (κ3) is 2.72. The Hall–Kier alpha value is -3.20. The highest BCUT2D eigenvalue weighted by atomic mass is 32.1. The first-order valence-corrected chi connectivity index (χ1v) is 10.2. The second-order valence-corrected chi connectivity index (χ2v) is 8.44. The smallest absolute Gasteiger partial charge is 0.328 e. The Bertz CT molecular complexity index is 1420. The molecule has 0 aliphatic heterocycles. The van der Waals surface area contributed by atoms with Gasteiger partial charge in [-0.05, 0) is 42.5 Å². The van der Waals surface area contributed by atoms with Crippen LogP contribution in [0.1, 0.15) is 33.0 Å². The average molecular weight is 409 g/mol. The van der Waals surface area contributed by atoms with Gasteiger partial charge in [0.25, 0.3) is 11.5 Å². The van der Waals surface area contributed by atoms with E-state index in [2.05, 4.69) is 15.3 Å². The van der Waals surface area contributed by atoms with Crippen molar-refractivity contribution in [3.8, 4) is 0 Å². The van der Waals surface area contributed by atoms with Crippen LogP contribution in [0.25, 0.3) is 21.3 Å². The van der Waals surface area contributed by atoms with E-state index in [9.17, 15) is 14.4 Å². The highest BCUT2D eigenvalue weighted by Crippen LogP contribution is 2.34. The zero-order chi connectivity index (χ0) is 20.3. The number of nitrogens with zero attached hydrogens (tertiary/aromatic N) is 3. The van der Waals surface area contributed by atoms with Crippen molar-refractivity contribution in [2.24, 2.45) is 14.1 Å². The number of aromatic amines is 1. The number of fused-ring (bicyclic) bond motifs is 4. The lowest BCUT2D eigenvalue weighted by atomic mass is 10.2. The van der Waals surface area contributed by atoms with Crippen molar-refractivity contribution in [3.63, 3.8) is 0 Å². The molecule has 0 saturated heterocycles. The van der Waals surface area contributed by atoms with Crippen molar-refractivity contribution in [2.75, 3.05) is 0 Å². The Kier molecular flexibility index (Phi) is 3.95. The van der Waals surface area contributed by atoms with Crippen LogP contribution in [-0.2, 0) is 33.5 Å². The quantitative estimate of drug-likeness (QED) is 0.536. The third-order valence-corrected chi connectivity index (χ3v) is 6.77. The number of H-pyrrole nitrogens is 1. The molecule has 0 spiro atoms. The van der Waals surface area contributed by atoms with Crippen molar-refractivity contribution < 1.29 is 4.79 Å². The van der Waals surface area contributed by atoms with Crippen LogP contribution in [0.4, 0.5) is 0 Å². The molecule has 0 unspecified atom stereocenters. The molecule has 0 bridgehead atoms. The molecule has 9 heteroatoms. The van der Waals surface area contributed by atoms with E-state index < -0.39 is 5.91 Å². The first-order chi connectivity index (χ1) is 13.9. The van der Waals surface area contributed by atoms with Gasteiger partial charge < -0.3 is 10.3 Å². The van der Waals surface area contributed by atoms with E-state index in [-0.39, 0.29) is 23.6 Å². The molecule has 1 aliphatic rings. The molecule has 29 heavy (non-hydrogen) atoms. The van der Waals surface area contributed by atoms with E-state index in [4.69, 9.17) is 0 Å². The van der Waals surface area contributed by atoms with E-state index in [1.807, 2.05) is 18.2 Å². The Morgan fingerprint density at radius 3 is 2.83 bits per heavy atom. The predicted octanol–water partition coefficient (Wildman–Crippen LogP) is 1.59. The summed E-state index contributed by atoms with van der Waals surface area (Å²) in [4.78, 5) is 46.0. The number of nitrogens with one attached hydrogen (secondary N) is 2. The lowest BCUT2D eigenvalue weighted by molar-refractivity contribution is 0.0940. The highest BCUT2D eigenvalue weighted by Gasteiger charge is 2.22. The minimum Gasteiger partial charge on any atom is -0.345 e. The molecule has 3 aromatic heterocycles. The molecule has 4 aromatic rings. The molecular weight excluding hydrogens is 390 g/mol. The summed E-state index contributed by atoms with van der Waals surface area (Å²) in [5.41, 5.74) is 3.22. The Morgan fingerprint density at radius 2 is 2.00 bits per heavy atom. The molecule has 1 aliphatic carbocycles. The van der Waals surface area contributed by atoms with Gasteiger partial charge in [-0.15, -0.1) is 11.3 Å². The standard InChI is InChI=1S/C20H19N5O3S/c1-24-12-7-6-10(8-13(12)25(2)20(24)28)9-21-18(27)16-22-17(26)15-11-4-3-5-14(11)29-19(15)23-16/h6-8H,3-5,9H2,1-2H3,(H,21,27)(H,22,23,26). The van der Waals surface area contributed by atoms with E-state index in [1.165, 1.54) is 16.2 Å². The number of hydrogen-bond acceptors (Lipinski definition) is 5. The molecule has 2 N–H and O–H groups in total. The average Bonchev–Trinajstić information content (AvgIpc) is 3.35. The number of rotatable bonds is 3. The molecule has 0 fully saturated rings. The monoisotopic (exact) mass is 409 g/mol. The lowest BCUT2D eigenvalue weighted by Gasteiger charge is -2.06. The lowest BCUT2D eigenvalue weighted by Crippen LogP contribution is -2.27. The third-order valence-electron chi connectivity index (χ3n) is 5.58. The number of aryl methyl sites for hydroxylation is 4. The van der Waals surface area contributed by atoms with Crippen molar-refractivity contribution >= 4 is 38.5 Å². The maximum Gasteiger partial charge on any atom is 0.328 e. The SMILES string of the molecule is Cn1c(=O)n(C)c2cc(CNC(=O)c3nc4sc5c(c4c(=O)[nH]3)CCC5)ccc21. The van der Waals surface area contributed by atoms with E-state index in [0.29, 0.717) is 10.2 Å². The summed E-state index contributed by atoms with van der Waals surface area (Å²) < 4.78 is 3.16. The van der Waals surface area contributed by atoms with Crippen molar-refractivity contribution in [1.29, 1.82) is 0 Å². The predicted molar refractivity (Wildman–Crippen MR) is 112 cm³/mol.